The highest BCUT2D eigenvalue weighted by molar-refractivity contribution is 5.98. The van der Waals surface area contributed by atoms with Crippen molar-refractivity contribution in [2.24, 2.45) is 0 Å². The predicted octanol–water partition coefficient (Wildman–Crippen LogP) is 1.80. The molecule has 1 heterocycles. The number of hydrogen-bond acceptors (Lipinski definition) is 13. The van der Waals surface area contributed by atoms with Gasteiger partial charge in [-0.2, -0.15) is 15.2 Å². The average Bonchev–Trinajstić information content (AvgIpc) is 2.94. The van der Waals surface area contributed by atoms with Crippen molar-refractivity contribution in [3.8, 4) is 29.5 Å². The van der Waals surface area contributed by atoms with Gasteiger partial charge in [0.15, 0.2) is 0 Å². The number of nitrogens with one attached hydrogen (secondary N) is 1. The summed E-state index contributed by atoms with van der Waals surface area (Å²) in [6.07, 6.45) is 0. The molecule has 5 N–H and O–H groups in total. The van der Waals surface area contributed by atoms with E-state index in [2.05, 4.69) is 15.3 Å². The van der Waals surface area contributed by atoms with E-state index < -0.39 is 87.4 Å². The number of aromatic carboxylic acids is 2. The summed E-state index contributed by atoms with van der Waals surface area (Å²) < 4.78 is 11.0. The molecule has 0 bridgehead atoms. The average molecular weight is 596 g/mol. The first kappa shape index (κ1) is 31.2. The Balaban J connectivity index is 2.27. The number of aliphatic carboxylic acids is 1. The molecule has 0 aliphatic heterocycles. The highest BCUT2D eigenvalue weighted by atomic mass is 16.6. The maximum absolute atomic E-state index is 12.5. The van der Waals surface area contributed by atoms with Gasteiger partial charge in [-0.3, -0.25) is 14.9 Å². The SMILES string of the molecule is CN(C)C(=O)c1cc(Oc2nc(Oc3cc(C#N)ccc3C(=O)O)nc(NC(CO)C(=O)O)c2[N+](=O)[O-])cc(C(=O)O)c1. The first-order valence-corrected chi connectivity index (χ1v) is 11.7. The molecular weight excluding hydrogens is 576 g/mol. The smallest absolute Gasteiger partial charge is 0.373 e. The molecule has 43 heavy (non-hydrogen) atoms. The Labute approximate surface area is 240 Å². The van der Waals surface area contributed by atoms with Gasteiger partial charge in [0, 0.05) is 19.7 Å². The number of rotatable bonds is 12. The van der Waals surface area contributed by atoms with Gasteiger partial charge in [-0.25, -0.2) is 14.4 Å². The largest absolute Gasteiger partial charge is 0.480 e. The molecule has 0 aliphatic carbocycles. The molecule has 18 heteroatoms. The first-order valence-electron chi connectivity index (χ1n) is 11.7. The molecule has 0 aliphatic rings. The summed E-state index contributed by atoms with van der Waals surface area (Å²) >= 11 is 0. The van der Waals surface area contributed by atoms with Crippen LogP contribution in [0.15, 0.2) is 36.4 Å². The summed E-state index contributed by atoms with van der Waals surface area (Å²) in [5, 5.41) is 61.3. The maximum Gasteiger partial charge on any atom is 0.373 e. The van der Waals surface area contributed by atoms with Crippen LogP contribution in [0.5, 0.6) is 23.4 Å². The van der Waals surface area contributed by atoms with E-state index in [-0.39, 0.29) is 11.1 Å². The molecule has 1 amide bonds. The van der Waals surface area contributed by atoms with E-state index in [0.717, 1.165) is 35.2 Å². The number of carbonyl (C=O) groups is 4. The zero-order valence-electron chi connectivity index (χ0n) is 22.0. The number of ether oxygens (including phenoxy) is 2. The lowest BCUT2D eigenvalue weighted by atomic mass is 10.1. The monoisotopic (exact) mass is 596 g/mol. The molecule has 1 unspecified atom stereocenters. The third kappa shape index (κ3) is 7.24. The second-order valence-corrected chi connectivity index (χ2v) is 8.57. The molecule has 0 fully saturated rings. The highest BCUT2D eigenvalue weighted by Crippen LogP contribution is 2.38. The lowest BCUT2D eigenvalue weighted by Gasteiger charge is -2.16. The second kappa shape index (κ2) is 12.9. The number of nitriles is 1. The van der Waals surface area contributed by atoms with Crippen LogP contribution in [0.3, 0.4) is 0 Å². The third-order valence-corrected chi connectivity index (χ3v) is 5.37. The van der Waals surface area contributed by atoms with Crippen molar-refractivity contribution in [3.05, 3.63) is 68.8 Å². The van der Waals surface area contributed by atoms with Gasteiger partial charge < -0.3 is 40.1 Å². The number of nitro groups is 1. The Hall–Kier alpha value is -6.35. The van der Waals surface area contributed by atoms with Gasteiger partial charge in [0.1, 0.15) is 23.1 Å². The predicted molar refractivity (Wildman–Crippen MR) is 141 cm³/mol. The van der Waals surface area contributed by atoms with E-state index >= 15 is 0 Å². The summed E-state index contributed by atoms with van der Waals surface area (Å²) in [5.74, 6) is -8.01. The Kier molecular flexibility index (Phi) is 9.34. The molecule has 3 rings (SSSR count). The minimum atomic E-state index is -1.84. The lowest BCUT2D eigenvalue weighted by molar-refractivity contribution is -0.385. The van der Waals surface area contributed by atoms with Crippen molar-refractivity contribution in [2.45, 2.75) is 6.04 Å². The molecular formula is C25H20N6O12. The quantitative estimate of drug-likeness (QED) is 0.147. The van der Waals surface area contributed by atoms with Crippen molar-refractivity contribution in [1.82, 2.24) is 14.9 Å². The number of nitrogens with zero attached hydrogens (tertiary/aromatic N) is 5. The molecule has 222 valence electrons. The fraction of sp³-hybridized carbons (Fsp3) is 0.160. The van der Waals surface area contributed by atoms with Crippen molar-refractivity contribution >= 4 is 35.3 Å². The van der Waals surface area contributed by atoms with Crippen molar-refractivity contribution < 1.29 is 54.0 Å². The van der Waals surface area contributed by atoms with Crippen LogP contribution < -0.4 is 14.8 Å². The molecule has 3 aromatic rings. The van der Waals surface area contributed by atoms with Crippen LogP contribution in [0.2, 0.25) is 0 Å². The zero-order valence-corrected chi connectivity index (χ0v) is 22.0. The summed E-state index contributed by atoms with van der Waals surface area (Å²) in [6, 6.07) is 5.30. The van der Waals surface area contributed by atoms with Crippen LogP contribution >= 0.6 is 0 Å². The summed E-state index contributed by atoms with van der Waals surface area (Å²) in [5.41, 5.74) is -2.25. The van der Waals surface area contributed by atoms with Gasteiger partial charge in [-0.15, -0.1) is 0 Å². The number of aromatic nitrogens is 2. The normalized spacial score (nSPS) is 11.0. The molecule has 18 nitrogen and oxygen atoms in total. The number of benzene rings is 2. The number of hydrogen-bond donors (Lipinski definition) is 5. The number of amides is 1. The number of aliphatic hydroxyl groups excluding tert-OH is 1. The van der Waals surface area contributed by atoms with Gasteiger partial charge in [0.25, 0.3) is 5.91 Å². The van der Waals surface area contributed by atoms with Gasteiger partial charge in [-0.05, 0) is 36.4 Å². The van der Waals surface area contributed by atoms with Gasteiger partial charge in [-0.1, -0.05) is 0 Å². The minimum absolute atomic E-state index is 0.0495. The Morgan fingerprint density at radius 2 is 1.72 bits per heavy atom. The summed E-state index contributed by atoms with van der Waals surface area (Å²) in [7, 11) is 2.78. The van der Waals surface area contributed by atoms with E-state index in [1.807, 2.05) is 0 Å². The van der Waals surface area contributed by atoms with Crippen LogP contribution in [0.25, 0.3) is 0 Å². The number of carboxylic acid groups (broad SMARTS) is 3. The van der Waals surface area contributed by atoms with Gasteiger partial charge in [0.05, 0.1) is 28.7 Å². The summed E-state index contributed by atoms with van der Waals surface area (Å²) in [4.78, 5) is 67.2. The molecule has 0 saturated heterocycles. The van der Waals surface area contributed by atoms with E-state index in [0.29, 0.717) is 0 Å². The molecule has 1 atom stereocenters. The zero-order chi connectivity index (χ0) is 32.0. The number of aliphatic hydroxyl groups is 1. The molecule has 0 saturated carbocycles. The molecule has 1 aromatic heterocycles. The fourth-order valence-corrected chi connectivity index (χ4v) is 3.37. The molecule has 2 aromatic carbocycles. The van der Waals surface area contributed by atoms with Crippen LogP contribution in [-0.2, 0) is 4.79 Å². The topological polar surface area (TPSA) is 276 Å². The number of carbonyl (C=O) groups excluding carboxylic acids is 1. The van der Waals surface area contributed by atoms with Crippen molar-refractivity contribution in [1.29, 1.82) is 5.26 Å². The van der Waals surface area contributed by atoms with E-state index in [4.69, 9.17) is 9.47 Å². The van der Waals surface area contributed by atoms with Crippen LogP contribution in [0.1, 0.15) is 36.6 Å². The van der Waals surface area contributed by atoms with Crippen LogP contribution in [0.4, 0.5) is 11.5 Å². The lowest BCUT2D eigenvalue weighted by Crippen LogP contribution is -2.33. The van der Waals surface area contributed by atoms with Crippen molar-refractivity contribution in [2.75, 3.05) is 26.0 Å². The number of anilines is 1. The van der Waals surface area contributed by atoms with Crippen LogP contribution in [-0.4, -0.2) is 90.8 Å². The summed E-state index contributed by atoms with van der Waals surface area (Å²) in [6.45, 7) is -1.06. The van der Waals surface area contributed by atoms with E-state index in [9.17, 15) is 55.0 Å². The maximum atomic E-state index is 12.5. The Morgan fingerprint density at radius 3 is 2.26 bits per heavy atom. The van der Waals surface area contributed by atoms with Crippen molar-refractivity contribution in [3.63, 3.8) is 0 Å². The Morgan fingerprint density at radius 1 is 1.05 bits per heavy atom. The Bertz CT molecular complexity index is 1680. The third-order valence-electron chi connectivity index (χ3n) is 5.37. The van der Waals surface area contributed by atoms with Crippen LogP contribution in [0, 0.1) is 21.4 Å². The first-order chi connectivity index (χ1) is 20.2. The minimum Gasteiger partial charge on any atom is -0.480 e. The fourth-order valence-electron chi connectivity index (χ4n) is 3.37. The molecule has 0 radical (unpaired) electrons. The van der Waals surface area contributed by atoms with E-state index in [1.54, 1.807) is 6.07 Å². The number of carboxylic acids is 3. The molecule has 0 spiro atoms. The standard InChI is InChI=1S/C25H20N6O12/c1-30(2)21(33)12-6-13(22(34)35)8-14(7-12)42-20-18(31(40)41)19(27-16(10-32)24(38)39)28-25(29-20)43-17-5-11(9-26)3-4-15(17)23(36)37/h3-8,16,32H,10H2,1-2H3,(H,34,35)(H,36,37)(H,38,39)(H,27,28,29). The van der Waals surface area contributed by atoms with Gasteiger partial charge in [0.2, 0.25) is 5.82 Å². The van der Waals surface area contributed by atoms with E-state index in [1.165, 1.54) is 20.2 Å². The highest BCUT2D eigenvalue weighted by Gasteiger charge is 2.32. The second-order valence-electron chi connectivity index (χ2n) is 8.57. The van der Waals surface area contributed by atoms with Gasteiger partial charge >= 0.3 is 35.5 Å².